The zero-order valence-corrected chi connectivity index (χ0v) is 9.86. The van der Waals surface area contributed by atoms with Crippen LogP contribution in [0.4, 0.5) is 0 Å². The first kappa shape index (κ1) is 10.9. The third-order valence-electron chi connectivity index (χ3n) is 2.71. The minimum atomic E-state index is -0.217. The smallest absolute Gasteiger partial charge is 0.339 e. The molecule has 0 amide bonds. The van der Waals surface area contributed by atoms with Crippen molar-refractivity contribution in [3.63, 3.8) is 0 Å². The van der Waals surface area contributed by atoms with E-state index < -0.39 is 0 Å². The third-order valence-corrected chi connectivity index (χ3v) is 2.71. The highest BCUT2D eigenvalue weighted by molar-refractivity contribution is 6.18. The molecule has 0 bridgehead atoms. The van der Waals surface area contributed by atoms with Crippen LogP contribution in [0.5, 0.6) is 0 Å². The van der Waals surface area contributed by atoms with Crippen LogP contribution in [0.2, 0.25) is 0 Å². The van der Waals surface area contributed by atoms with E-state index in [1.807, 2.05) is 36.4 Å². The largest absolute Gasteiger partial charge is 0.454 e. The van der Waals surface area contributed by atoms with Gasteiger partial charge in [-0.15, -0.1) is 0 Å². The molecule has 1 aromatic carbocycles. The summed E-state index contributed by atoms with van der Waals surface area (Å²) in [5.41, 5.74) is 1.56. The molecule has 2 rings (SSSR count). The van der Waals surface area contributed by atoms with Crippen molar-refractivity contribution in [1.82, 2.24) is 0 Å². The Morgan fingerprint density at radius 2 is 1.75 bits per heavy atom. The molecule has 84 valence electrons. The molecule has 0 aliphatic carbocycles. The number of ether oxygens (including phenoxy) is 1. The van der Waals surface area contributed by atoms with Crippen LogP contribution in [-0.4, -0.2) is 12.1 Å². The highest BCUT2D eigenvalue weighted by Crippen LogP contribution is 2.33. The van der Waals surface area contributed by atoms with E-state index in [1.54, 1.807) is 0 Å². The number of cyclic esters (lactones) is 1. The van der Waals surface area contributed by atoms with Crippen LogP contribution in [-0.2, 0) is 9.53 Å². The van der Waals surface area contributed by atoms with Crippen LogP contribution in [0.25, 0.3) is 5.57 Å². The lowest BCUT2D eigenvalue weighted by molar-refractivity contribution is -0.141. The fourth-order valence-corrected chi connectivity index (χ4v) is 1.69. The maximum atomic E-state index is 11.7. The normalized spacial score (nSPS) is 20.6. The summed E-state index contributed by atoms with van der Waals surface area (Å²) < 4.78 is 5.36. The highest BCUT2D eigenvalue weighted by atomic mass is 16.5. The van der Waals surface area contributed by atoms with Gasteiger partial charge in [0.05, 0.1) is 5.57 Å². The van der Waals surface area contributed by atoms with Gasteiger partial charge in [0.2, 0.25) is 0 Å². The second-order valence-electron chi connectivity index (χ2n) is 5.14. The van der Waals surface area contributed by atoms with Gasteiger partial charge >= 0.3 is 5.97 Å². The Labute approximate surface area is 95.9 Å². The van der Waals surface area contributed by atoms with Crippen molar-refractivity contribution in [1.29, 1.82) is 0 Å². The Hall–Kier alpha value is -1.57. The van der Waals surface area contributed by atoms with Gasteiger partial charge in [0, 0.05) is 5.41 Å². The molecule has 0 spiro atoms. The van der Waals surface area contributed by atoms with E-state index in [0.29, 0.717) is 5.57 Å². The van der Waals surface area contributed by atoms with Crippen molar-refractivity contribution in [2.75, 3.05) is 0 Å². The van der Waals surface area contributed by atoms with E-state index in [1.165, 1.54) is 0 Å². The Bertz CT molecular complexity index is 424. The molecule has 1 atom stereocenters. The molecule has 1 aliphatic heterocycles. The van der Waals surface area contributed by atoms with E-state index >= 15 is 0 Å². The first-order valence-electron chi connectivity index (χ1n) is 5.47. The van der Waals surface area contributed by atoms with Crippen molar-refractivity contribution in [2.24, 2.45) is 5.41 Å². The summed E-state index contributed by atoms with van der Waals surface area (Å²) in [6.07, 6.45) is 1.80. The van der Waals surface area contributed by atoms with E-state index in [-0.39, 0.29) is 17.5 Å². The zero-order valence-electron chi connectivity index (χ0n) is 9.86. The van der Waals surface area contributed by atoms with Crippen LogP contribution in [0.1, 0.15) is 26.3 Å². The minimum absolute atomic E-state index is 0.0494. The number of carbonyl (C=O) groups excluding carboxylic acids is 1. The van der Waals surface area contributed by atoms with Gasteiger partial charge in [-0.05, 0) is 11.6 Å². The number of benzene rings is 1. The summed E-state index contributed by atoms with van der Waals surface area (Å²) in [6, 6.07) is 9.64. The number of hydrogen-bond acceptors (Lipinski definition) is 2. The topological polar surface area (TPSA) is 26.3 Å². The van der Waals surface area contributed by atoms with Gasteiger partial charge in [-0.1, -0.05) is 51.1 Å². The molecule has 0 saturated heterocycles. The zero-order chi connectivity index (χ0) is 11.8. The molecule has 1 aliphatic rings. The third kappa shape index (κ3) is 2.01. The summed E-state index contributed by atoms with van der Waals surface area (Å²) in [6.45, 7) is 6.19. The van der Waals surface area contributed by atoms with Gasteiger partial charge in [0.15, 0.2) is 0 Å². The Morgan fingerprint density at radius 1 is 1.12 bits per heavy atom. The molecule has 0 N–H and O–H groups in total. The fourth-order valence-electron chi connectivity index (χ4n) is 1.69. The van der Waals surface area contributed by atoms with Crippen LogP contribution in [0.3, 0.4) is 0 Å². The summed E-state index contributed by atoms with van der Waals surface area (Å²) in [5.74, 6) is -0.217. The van der Waals surface area contributed by atoms with Crippen molar-refractivity contribution in [3.8, 4) is 0 Å². The Kier molecular flexibility index (Phi) is 2.58. The second-order valence-corrected chi connectivity index (χ2v) is 5.14. The monoisotopic (exact) mass is 216 g/mol. The molecular formula is C14H16O2. The number of carbonyl (C=O) groups is 1. The van der Waals surface area contributed by atoms with Crippen LogP contribution in [0.15, 0.2) is 36.4 Å². The molecule has 2 nitrogen and oxygen atoms in total. The van der Waals surface area contributed by atoms with E-state index in [4.69, 9.17) is 4.74 Å². The van der Waals surface area contributed by atoms with Gasteiger partial charge in [-0.25, -0.2) is 4.79 Å². The summed E-state index contributed by atoms with van der Waals surface area (Å²) in [4.78, 5) is 11.7. The van der Waals surface area contributed by atoms with Gasteiger partial charge in [0.25, 0.3) is 0 Å². The number of esters is 1. The van der Waals surface area contributed by atoms with E-state index in [0.717, 1.165) is 5.56 Å². The van der Waals surface area contributed by atoms with Gasteiger partial charge in [0.1, 0.15) is 6.10 Å². The average molecular weight is 216 g/mol. The van der Waals surface area contributed by atoms with Crippen molar-refractivity contribution in [3.05, 3.63) is 42.0 Å². The number of hydrogen-bond donors (Lipinski definition) is 0. The first-order valence-corrected chi connectivity index (χ1v) is 5.47. The second kappa shape index (κ2) is 3.78. The number of rotatable bonds is 1. The summed E-state index contributed by atoms with van der Waals surface area (Å²) >= 11 is 0. The Morgan fingerprint density at radius 3 is 2.25 bits per heavy atom. The standard InChI is InChI=1S/C14H16O2/c1-14(2,3)12-9-11(13(15)16-12)10-7-5-4-6-8-10/h4-9,12H,1-3H3. The quantitative estimate of drug-likeness (QED) is 0.674. The predicted molar refractivity (Wildman–Crippen MR) is 63.8 cm³/mol. The SMILES string of the molecule is CC(C)(C)C1C=C(c2ccccc2)C(=O)O1. The molecule has 1 heterocycles. The molecule has 0 radical (unpaired) electrons. The lowest BCUT2D eigenvalue weighted by Crippen LogP contribution is -2.25. The molecule has 0 aromatic heterocycles. The average Bonchev–Trinajstić information content (AvgIpc) is 2.61. The molecule has 1 aromatic rings. The molecule has 1 unspecified atom stereocenters. The maximum Gasteiger partial charge on any atom is 0.339 e. The van der Waals surface area contributed by atoms with E-state index in [2.05, 4.69) is 20.8 Å². The Balaban J connectivity index is 2.33. The first-order chi connectivity index (χ1) is 7.48. The minimum Gasteiger partial charge on any atom is -0.454 e. The molecule has 2 heteroatoms. The van der Waals surface area contributed by atoms with Crippen LogP contribution >= 0.6 is 0 Å². The summed E-state index contributed by atoms with van der Waals surface area (Å²) in [5, 5.41) is 0. The van der Waals surface area contributed by atoms with E-state index in [9.17, 15) is 4.79 Å². The van der Waals surface area contributed by atoms with Crippen molar-refractivity contribution < 1.29 is 9.53 Å². The molecule has 0 fully saturated rings. The fraction of sp³-hybridized carbons (Fsp3) is 0.357. The lowest BCUT2D eigenvalue weighted by Gasteiger charge is -2.23. The summed E-state index contributed by atoms with van der Waals surface area (Å²) in [7, 11) is 0. The molecule has 0 saturated carbocycles. The lowest BCUT2D eigenvalue weighted by atomic mass is 9.88. The van der Waals surface area contributed by atoms with Gasteiger partial charge in [-0.2, -0.15) is 0 Å². The van der Waals surface area contributed by atoms with Crippen molar-refractivity contribution >= 4 is 11.5 Å². The highest BCUT2D eigenvalue weighted by Gasteiger charge is 2.34. The van der Waals surface area contributed by atoms with Crippen LogP contribution < -0.4 is 0 Å². The van der Waals surface area contributed by atoms with Crippen LogP contribution in [0, 0.1) is 5.41 Å². The molecule has 16 heavy (non-hydrogen) atoms. The predicted octanol–water partition coefficient (Wildman–Crippen LogP) is 3.04. The van der Waals surface area contributed by atoms with Crippen molar-refractivity contribution in [2.45, 2.75) is 26.9 Å². The van der Waals surface area contributed by atoms with Gasteiger partial charge in [-0.3, -0.25) is 0 Å². The van der Waals surface area contributed by atoms with Gasteiger partial charge < -0.3 is 4.74 Å². The maximum absolute atomic E-state index is 11.7. The molecular weight excluding hydrogens is 200 g/mol.